The van der Waals surface area contributed by atoms with E-state index >= 15 is 0 Å². The number of rotatable bonds is 5. The lowest BCUT2D eigenvalue weighted by molar-refractivity contribution is 0.161. The maximum absolute atomic E-state index is 5.71. The molecule has 1 atom stereocenters. The number of para-hydroxylation sites is 1. The second-order valence-electron chi connectivity index (χ2n) is 5.33. The van der Waals surface area contributed by atoms with Gasteiger partial charge in [-0.3, -0.25) is 4.90 Å². The van der Waals surface area contributed by atoms with E-state index in [9.17, 15) is 0 Å². The molecule has 1 heterocycles. The van der Waals surface area contributed by atoms with E-state index in [0.717, 1.165) is 31.9 Å². The fraction of sp³-hybridized carbons (Fsp3) is 0.600. The smallest absolute Gasteiger partial charge is 0.124 e. The molecule has 1 aliphatic heterocycles. The molecule has 0 amide bonds. The molecule has 1 aromatic rings. The fourth-order valence-electron chi connectivity index (χ4n) is 2.57. The molecule has 0 aliphatic carbocycles. The first-order valence-electron chi connectivity index (χ1n) is 6.75. The molecule has 1 aliphatic rings. The summed E-state index contributed by atoms with van der Waals surface area (Å²) in [5.74, 6) is 1.06. The van der Waals surface area contributed by atoms with Crippen molar-refractivity contribution in [2.24, 2.45) is 0 Å². The third kappa shape index (κ3) is 5.13. The molecule has 0 bridgehead atoms. The van der Waals surface area contributed by atoms with Crippen LogP contribution in [0.1, 0.15) is 24.4 Å². The Kier molecular flexibility index (Phi) is 9.23. The van der Waals surface area contributed by atoms with Crippen molar-refractivity contribution in [3.05, 3.63) is 29.8 Å². The van der Waals surface area contributed by atoms with Gasteiger partial charge in [-0.25, -0.2) is 0 Å². The minimum Gasteiger partial charge on any atom is -0.493 e. The molecule has 5 heteroatoms. The summed E-state index contributed by atoms with van der Waals surface area (Å²) in [6, 6.07) is 8.94. The van der Waals surface area contributed by atoms with Crippen LogP contribution in [0.2, 0.25) is 0 Å². The first-order chi connectivity index (χ1) is 8.68. The average Bonchev–Trinajstić information content (AvgIpc) is 2.37. The summed E-state index contributed by atoms with van der Waals surface area (Å²) >= 11 is 0. The molecule has 0 radical (unpaired) electrons. The standard InChI is InChI=1S/C15H24N2O.2ClH/c1-16(2)10-6-11-17(3)14-9-12-18-15-8-5-4-7-13(14)15;;/h4-5,7-8,14H,6,9-12H2,1-3H3;2*1H. The van der Waals surface area contributed by atoms with E-state index in [0.29, 0.717) is 6.04 Å². The molecule has 3 nitrogen and oxygen atoms in total. The molecule has 0 aromatic heterocycles. The highest BCUT2D eigenvalue weighted by Gasteiger charge is 2.24. The number of halogens is 2. The monoisotopic (exact) mass is 320 g/mol. The Hall–Kier alpha value is -0.480. The lowest BCUT2D eigenvalue weighted by Crippen LogP contribution is -2.31. The molecule has 0 fully saturated rings. The molecule has 0 saturated heterocycles. The van der Waals surface area contributed by atoms with Gasteiger partial charge in [-0.1, -0.05) is 18.2 Å². The summed E-state index contributed by atoms with van der Waals surface area (Å²) < 4.78 is 5.71. The van der Waals surface area contributed by atoms with Crippen LogP contribution in [0, 0.1) is 0 Å². The zero-order valence-electron chi connectivity index (χ0n) is 12.5. The van der Waals surface area contributed by atoms with Crippen molar-refractivity contribution in [2.45, 2.75) is 18.9 Å². The van der Waals surface area contributed by atoms with Crippen molar-refractivity contribution in [1.82, 2.24) is 9.80 Å². The van der Waals surface area contributed by atoms with Crippen LogP contribution in [0.25, 0.3) is 0 Å². The number of fused-ring (bicyclic) bond motifs is 1. The molecule has 20 heavy (non-hydrogen) atoms. The summed E-state index contributed by atoms with van der Waals surface area (Å²) in [6.45, 7) is 3.12. The van der Waals surface area contributed by atoms with Gasteiger partial charge in [0.05, 0.1) is 6.61 Å². The summed E-state index contributed by atoms with van der Waals surface area (Å²) in [5.41, 5.74) is 1.34. The minimum absolute atomic E-state index is 0. The Bertz CT molecular complexity index is 388. The summed E-state index contributed by atoms with van der Waals surface area (Å²) in [4.78, 5) is 4.70. The molecule has 1 unspecified atom stereocenters. The van der Waals surface area contributed by atoms with Gasteiger partial charge in [-0.15, -0.1) is 24.8 Å². The van der Waals surface area contributed by atoms with Crippen molar-refractivity contribution >= 4 is 24.8 Å². The van der Waals surface area contributed by atoms with Gasteiger partial charge in [-0.2, -0.15) is 0 Å². The van der Waals surface area contributed by atoms with Crippen molar-refractivity contribution in [1.29, 1.82) is 0 Å². The molecular weight excluding hydrogens is 295 g/mol. The van der Waals surface area contributed by atoms with Gasteiger partial charge in [0.15, 0.2) is 0 Å². The molecule has 0 N–H and O–H groups in total. The Balaban J connectivity index is 0.00000180. The maximum Gasteiger partial charge on any atom is 0.124 e. The largest absolute Gasteiger partial charge is 0.493 e. The van der Waals surface area contributed by atoms with E-state index in [1.54, 1.807) is 0 Å². The van der Waals surface area contributed by atoms with E-state index in [2.05, 4.69) is 49.1 Å². The Morgan fingerprint density at radius 1 is 1.10 bits per heavy atom. The summed E-state index contributed by atoms with van der Waals surface area (Å²) in [7, 11) is 6.48. The van der Waals surface area contributed by atoms with Crippen LogP contribution >= 0.6 is 24.8 Å². The Labute approximate surface area is 135 Å². The SMILES string of the molecule is CN(C)CCCN(C)C1CCOc2ccccc21.Cl.Cl. The van der Waals surface area contributed by atoms with Gasteiger partial charge in [0.2, 0.25) is 0 Å². The molecule has 1 aromatic carbocycles. The van der Waals surface area contributed by atoms with Crippen LogP contribution in [0.3, 0.4) is 0 Å². The van der Waals surface area contributed by atoms with Crippen molar-refractivity contribution in [2.75, 3.05) is 40.8 Å². The highest BCUT2D eigenvalue weighted by molar-refractivity contribution is 5.85. The number of benzene rings is 1. The fourth-order valence-corrected chi connectivity index (χ4v) is 2.57. The lowest BCUT2D eigenvalue weighted by Gasteiger charge is -2.33. The lowest BCUT2D eigenvalue weighted by atomic mass is 9.99. The van der Waals surface area contributed by atoms with Crippen molar-refractivity contribution in [3.8, 4) is 5.75 Å². The number of hydrogen-bond donors (Lipinski definition) is 0. The highest BCUT2D eigenvalue weighted by Crippen LogP contribution is 2.34. The quantitative estimate of drug-likeness (QED) is 0.828. The van der Waals surface area contributed by atoms with E-state index < -0.39 is 0 Å². The average molecular weight is 321 g/mol. The van der Waals surface area contributed by atoms with Crippen LogP contribution in [0.15, 0.2) is 24.3 Å². The summed E-state index contributed by atoms with van der Waals surface area (Å²) in [5, 5.41) is 0. The predicted octanol–water partition coefficient (Wildman–Crippen LogP) is 3.24. The van der Waals surface area contributed by atoms with Crippen molar-refractivity contribution < 1.29 is 4.74 Å². The van der Waals surface area contributed by atoms with Crippen LogP contribution in [-0.4, -0.2) is 50.6 Å². The third-order valence-corrected chi connectivity index (χ3v) is 3.58. The van der Waals surface area contributed by atoms with Gasteiger partial charge in [0.1, 0.15) is 5.75 Å². The van der Waals surface area contributed by atoms with E-state index in [4.69, 9.17) is 4.74 Å². The van der Waals surface area contributed by atoms with E-state index in [1.165, 1.54) is 12.0 Å². The highest BCUT2D eigenvalue weighted by atomic mass is 35.5. The first-order valence-corrected chi connectivity index (χ1v) is 6.75. The van der Waals surface area contributed by atoms with Crippen molar-refractivity contribution in [3.63, 3.8) is 0 Å². The zero-order chi connectivity index (χ0) is 13.0. The Morgan fingerprint density at radius 3 is 2.50 bits per heavy atom. The maximum atomic E-state index is 5.71. The predicted molar refractivity (Wildman–Crippen MR) is 89.6 cm³/mol. The second kappa shape index (κ2) is 9.46. The molecule has 2 rings (SSSR count). The van der Waals surface area contributed by atoms with Crippen LogP contribution in [0.5, 0.6) is 5.75 Å². The van der Waals surface area contributed by atoms with Gasteiger partial charge in [0.25, 0.3) is 0 Å². The topological polar surface area (TPSA) is 15.7 Å². The molecule has 116 valence electrons. The number of nitrogens with zero attached hydrogens (tertiary/aromatic N) is 2. The second-order valence-corrected chi connectivity index (χ2v) is 5.33. The van der Waals surface area contributed by atoms with Crippen LogP contribution in [-0.2, 0) is 0 Å². The van der Waals surface area contributed by atoms with Gasteiger partial charge >= 0.3 is 0 Å². The zero-order valence-corrected chi connectivity index (χ0v) is 14.2. The normalized spacial score (nSPS) is 16.9. The third-order valence-electron chi connectivity index (χ3n) is 3.58. The van der Waals surface area contributed by atoms with Crippen LogP contribution in [0.4, 0.5) is 0 Å². The van der Waals surface area contributed by atoms with Crippen LogP contribution < -0.4 is 4.74 Å². The molecular formula is C15H26Cl2N2O. The number of hydrogen-bond acceptors (Lipinski definition) is 3. The van der Waals surface area contributed by atoms with Gasteiger partial charge < -0.3 is 9.64 Å². The Morgan fingerprint density at radius 2 is 1.80 bits per heavy atom. The summed E-state index contributed by atoms with van der Waals surface area (Å²) in [6.07, 6.45) is 2.30. The van der Waals surface area contributed by atoms with E-state index in [-0.39, 0.29) is 24.8 Å². The van der Waals surface area contributed by atoms with Gasteiger partial charge in [0, 0.05) is 18.0 Å². The molecule has 0 spiro atoms. The minimum atomic E-state index is 0. The van der Waals surface area contributed by atoms with E-state index in [1.807, 2.05) is 6.07 Å². The van der Waals surface area contributed by atoms with Gasteiger partial charge in [-0.05, 0) is 46.7 Å². The molecule has 0 saturated carbocycles. The number of ether oxygens (including phenoxy) is 1. The first kappa shape index (κ1) is 19.5.